The Morgan fingerprint density at radius 1 is 1.07 bits per heavy atom. The second-order valence-electron chi connectivity index (χ2n) is 10.8. The fourth-order valence-corrected chi connectivity index (χ4v) is 5.97. The Bertz CT molecular complexity index is 716. The van der Waals surface area contributed by atoms with E-state index in [1.807, 2.05) is 0 Å². The zero-order chi connectivity index (χ0) is 20.6. The predicted octanol–water partition coefficient (Wildman–Crippen LogP) is 4.36. The van der Waals surface area contributed by atoms with Crippen LogP contribution >= 0.6 is 0 Å². The van der Waals surface area contributed by atoms with Crippen LogP contribution in [0.2, 0.25) is 0 Å². The van der Waals surface area contributed by atoms with E-state index in [-0.39, 0.29) is 5.60 Å². The first kappa shape index (κ1) is 20.8. The summed E-state index contributed by atoms with van der Waals surface area (Å²) in [5, 5.41) is 0. The first-order chi connectivity index (χ1) is 14.6. The Labute approximate surface area is 182 Å². The number of likely N-dealkylation sites (tertiary alicyclic amines) is 2. The molecule has 3 heterocycles. The van der Waals surface area contributed by atoms with Crippen molar-refractivity contribution in [3.63, 3.8) is 0 Å². The lowest BCUT2D eigenvalue weighted by Gasteiger charge is -2.33. The van der Waals surface area contributed by atoms with E-state index in [1.54, 1.807) is 0 Å². The lowest BCUT2D eigenvalue weighted by molar-refractivity contribution is 0.0845. The number of rotatable bonds is 8. The van der Waals surface area contributed by atoms with Gasteiger partial charge in [-0.3, -0.25) is 4.90 Å². The number of hydrogen-bond acceptors (Lipinski definition) is 4. The minimum absolute atomic E-state index is 0.0185. The zero-order valence-corrected chi connectivity index (χ0v) is 19.1. The summed E-state index contributed by atoms with van der Waals surface area (Å²) in [6, 6.07) is 6.85. The molecule has 0 radical (unpaired) electrons. The molecule has 1 aromatic carbocycles. The van der Waals surface area contributed by atoms with Crippen LogP contribution in [0.15, 0.2) is 18.2 Å². The molecule has 1 aliphatic carbocycles. The summed E-state index contributed by atoms with van der Waals surface area (Å²) >= 11 is 0. The van der Waals surface area contributed by atoms with Gasteiger partial charge in [-0.2, -0.15) is 0 Å². The summed E-state index contributed by atoms with van der Waals surface area (Å²) in [5.41, 5.74) is 2.82. The van der Waals surface area contributed by atoms with E-state index in [1.165, 1.54) is 69.5 Å². The van der Waals surface area contributed by atoms with E-state index < -0.39 is 0 Å². The second kappa shape index (κ2) is 8.80. The van der Waals surface area contributed by atoms with Gasteiger partial charge in [-0.1, -0.05) is 18.6 Å². The normalized spacial score (nSPS) is 30.5. The molecular formula is C26H40N2O2. The third-order valence-electron chi connectivity index (χ3n) is 7.88. The first-order valence-corrected chi connectivity index (χ1v) is 12.4. The lowest BCUT2D eigenvalue weighted by atomic mass is 9.93. The van der Waals surface area contributed by atoms with E-state index in [9.17, 15) is 0 Å². The maximum Gasteiger partial charge on any atom is 0.123 e. The van der Waals surface area contributed by atoms with Gasteiger partial charge in [0.05, 0.1) is 6.61 Å². The standard InChI is InChI=1S/C26H40N2O2/c1-26(2)10-9-21-15-20(7-8-25(21)30-26)16-28-17-22-23(18-28)24(22)19-29-14-6-13-27-11-4-3-5-12-27/h7-8,15,22-24H,3-6,9-14,16-19H2,1-2H3/t22-,23+,24+. The minimum atomic E-state index is -0.0185. The van der Waals surface area contributed by atoms with Gasteiger partial charge in [0.25, 0.3) is 0 Å². The average Bonchev–Trinajstić information content (AvgIpc) is 3.18. The third kappa shape index (κ3) is 4.87. The molecule has 166 valence electrons. The molecule has 4 nitrogen and oxygen atoms in total. The van der Waals surface area contributed by atoms with E-state index in [2.05, 4.69) is 41.8 Å². The van der Waals surface area contributed by atoms with Gasteiger partial charge in [0.15, 0.2) is 0 Å². The molecular weight excluding hydrogens is 372 g/mol. The molecule has 4 aliphatic rings. The molecule has 30 heavy (non-hydrogen) atoms. The molecule has 4 heteroatoms. The number of ether oxygens (including phenoxy) is 2. The fraction of sp³-hybridized carbons (Fsp3) is 0.769. The van der Waals surface area contributed by atoms with Gasteiger partial charge >= 0.3 is 0 Å². The third-order valence-corrected chi connectivity index (χ3v) is 7.88. The monoisotopic (exact) mass is 412 g/mol. The van der Waals surface area contributed by atoms with Crippen LogP contribution in [-0.2, 0) is 17.7 Å². The van der Waals surface area contributed by atoms with Crippen molar-refractivity contribution < 1.29 is 9.47 Å². The van der Waals surface area contributed by atoms with Gasteiger partial charge < -0.3 is 14.4 Å². The molecule has 3 atom stereocenters. The zero-order valence-electron chi connectivity index (χ0n) is 19.1. The SMILES string of the molecule is CC1(C)CCc2cc(CN3C[C@@H]4[C@@H](COCCCN5CCCCC5)[C@@H]4C3)ccc2O1. The highest BCUT2D eigenvalue weighted by atomic mass is 16.5. The number of nitrogens with zero attached hydrogens (tertiary/aromatic N) is 2. The van der Waals surface area contributed by atoms with Gasteiger partial charge in [0.2, 0.25) is 0 Å². The molecule has 3 fully saturated rings. The topological polar surface area (TPSA) is 24.9 Å². The molecule has 0 aromatic heterocycles. The van der Waals surface area contributed by atoms with Crippen molar-refractivity contribution in [2.75, 3.05) is 45.9 Å². The number of aryl methyl sites for hydroxylation is 1. The Balaban J connectivity index is 0.994. The second-order valence-corrected chi connectivity index (χ2v) is 10.8. The number of benzene rings is 1. The van der Waals surface area contributed by atoms with Gasteiger partial charge in [-0.05, 0) is 94.0 Å². The predicted molar refractivity (Wildman–Crippen MR) is 121 cm³/mol. The average molecular weight is 413 g/mol. The van der Waals surface area contributed by atoms with Crippen LogP contribution in [0.1, 0.15) is 57.1 Å². The van der Waals surface area contributed by atoms with Crippen LogP contribution in [0.3, 0.4) is 0 Å². The highest BCUT2D eigenvalue weighted by Crippen LogP contribution is 2.52. The molecule has 0 N–H and O–H groups in total. The van der Waals surface area contributed by atoms with Crippen molar-refractivity contribution in [3.05, 3.63) is 29.3 Å². The van der Waals surface area contributed by atoms with Crippen molar-refractivity contribution in [1.29, 1.82) is 0 Å². The number of hydrogen-bond donors (Lipinski definition) is 0. The van der Waals surface area contributed by atoms with Gasteiger partial charge in [-0.15, -0.1) is 0 Å². The molecule has 5 rings (SSSR count). The fourth-order valence-electron chi connectivity index (χ4n) is 5.97. The summed E-state index contributed by atoms with van der Waals surface area (Å²) in [5.74, 6) is 3.69. The van der Waals surface area contributed by atoms with Gasteiger partial charge in [0.1, 0.15) is 11.4 Å². The largest absolute Gasteiger partial charge is 0.488 e. The Morgan fingerprint density at radius 3 is 2.67 bits per heavy atom. The maximum absolute atomic E-state index is 6.14. The molecule has 0 amide bonds. The van der Waals surface area contributed by atoms with Gasteiger partial charge in [0, 0.05) is 32.8 Å². The Hall–Kier alpha value is -1.10. The molecule has 0 unspecified atom stereocenters. The lowest BCUT2D eigenvalue weighted by Crippen LogP contribution is -2.32. The maximum atomic E-state index is 6.14. The summed E-state index contributed by atoms with van der Waals surface area (Å²) in [6.45, 7) is 13.8. The van der Waals surface area contributed by atoms with E-state index in [0.29, 0.717) is 0 Å². The van der Waals surface area contributed by atoms with Crippen LogP contribution in [0.4, 0.5) is 0 Å². The van der Waals surface area contributed by atoms with E-state index in [0.717, 1.165) is 56.1 Å². The van der Waals surface area contributed by atoms with Crippen molar-refractivity contribution in [2.45, 2.75) is 64.5 Å². The Kier molecular flexibility index (Phi) is 6.10. The number of fused-ring (bicyclic) bond motifs is 2. The molecule has 2 saturated heterocycles. The summed E-state index contributed by atoms with van der Waals surface area (Å²) in [6.07, 6.45) is 7.65. The summed E-state index contributed by atoms with van der Waals surface area (Å²) < 4.78 is 12.2. The minimum Gasteiger partial charge on any atom is -0.488 e. The van der Waals surface area contributed by atoms with Crippen molar-refractivity contribution >= 4 is 0 Å². The van der Waals surface area contributed by atoms with Crippen molar-refractivity contribution in [2.24, 2.45) is 17.8 Å². The smallest absolute Gasteiger partial charge is 0.123 e. The van der Waals surface area contributed by atoms with Crippen molar-refractivity contribution in [1.82, 2.24) is 9.80 Å². The van der Waals surface area contributed by atoms with E-state index >= 15 is 0 Å². The van der Waals surface area contributed by atoms with Crippen LogP contribution in [-0.4, -0.2) is 61.3 Å². The van der Waals surface area contributed by atoms with Crippen LogP contribution in [0.5, 0.6) is 5.75 Å². The molecule has 0 bridgehead atoms. The highest BCUT2D eigenvalue weighted by Gasteiger charge is 2.55. The first-order valence-electron chi connectivity index (χ1n) is 12.4. The molecule has 1 saturated carbocycles. The molecule has 0 spiro atoms. The molecule has 3 aliphatic heterocycles. The number of piperidine rings is 2. The van der Waals surface area contributed by atoms with E-state index in [4.69, 9.17) is 9.47 Å². The van der Waals surface area contributed by atoms with Crippen LogP contribution < -0.4 is 4.74 Å². The molecule has 1 aromatic rings. The van der Waals surface area contributed by atoms with Gasteiger partial charge in [-0.25, -0.2) is 0 Å². The van der Waals surface area contributed by atoms with Crippen LogP contribution in [0.25, 0.3) is 0 Å². The Morgan fingerprint density at radius 2 is 1.87 bits per heavy atom. The highest BCUT2D eigenvalue weighted by molar-refractivity contribution is 5.39. The van der Waals surface area contributed by atoms with Crippen LogP contribution in [0, 0.1) is 17.8 Å². The van der Waals surface area contributed by atoms with Crippen molar-refractivity contribution in [3.8, 4) is 5.75 Å². The summed E-state index contributed by atoms with van der Waals surface area (Å²) in [7, 11) is 0. The quantitative estimate of drug-likeness (QED) is 0.592. The summed E-state index contributed by atoms with van der Waals surface area (Å²) in [4.78, 5) is 5.27.